The molecule has 0 aliphatic rings. The molecule has 0 unspecified atom stereocenters. The number of benzene rings is 1. The third-order valence-corrected chi connectivity index (χ3v) is 4.76. The van der Waals surface area contributed by atoms with E-state index in [1.54, 1.807) is 18.3 Å². The highest BCUT2D eigenvalue weighted by molar-refractivity contribution is 6.43. The molecule has 0 aliphatic heterocycles. The lowest BCUT2D eigenvalue weighted by molar-refractivity contribution is 0.450. The van der Waals surface area contributed by atoms with Crippen molar-refractivity contribution in [2.24, 2.45) is 0 Å². The van der Waals surface area contributed by atoms with Crippen LogP contribution >= 0.6 is 23.2 Å². The zero-order chi connectivity index (χ0) is 21.1. The molecule has 0 saturated carbocycles. The first-order chi connectivity index (χ1) is 14.5. The van der Waals surface area contributed by atoms with E-state index in [9.17, 15) is 8.78 Å². The molecule has 8 nitrogen and oxygen atoms in total. The fraction of sp³-hybridized carbons (Fsp3) is 0.0556. The molecule has 0 saturated heterocycles. The van der Waals surface area contributed by atoms with Gasteiger partial charge in [-0.1, -0.05) is 34.4 Å². The predicted molar refractivity (Wildman–Crippen MR) is 105 cm³/mol. The summed E-state index contributed by atoms with van der Waals surface area (Å²) in [6, 6.07) is 8.70. The second-order valence-electron chi connectivity index (χ2n) is 5.85. The average Bonchev–Trinajstić information content (AvgIpc) is 3.21. The maximum Gasteiger partial charge on any atom is 0.248 e. The third kappa shape index (κ3) is 4.14. The second-order valence-corrected chi connectivity index (χ2v) is 6.60. The minimum absolute atomic E-state index is 0.0266. The topological polar surface area (TPSA) is 90.6 Å². The van der Waals surface area contributed by atoms with Gasteiger partial charge in [0, 0.05) is 18.3 Å². The third-order valence-electron chi connectivity index (χ3n) is 3.91. The summed E-state index contributed by atoms with van der Waals surface area (Å²) in [5, 5.41) is 14.2. The highest BCUT2D eigenvalue weighted by atomic mass is 35.5. The lowest BCUT2D eigenvalue weighted by Crippen LogP contribution is -2.09. The first-order valence-corrected chi connectivity index (χ1v) is 9.18. The van der Waals surface area contributed by atoms with Gasteiger partial charge in [-0.15, -0.1) is 0 Å². The van der Waals surface area contributed by atoms with Gasteiger partial charge in [0.1, 0.15) is 11.6 Å². The molecule has 3 heterocycles. The van der Waals surface area contributed by atoms with Crippen molar-refractivity contribution in [2.75, 3.05) is 5.32 Å². The first kappa shape index (κ1) is 19.9. The minimum Gasteiger partial charge on any atom is -0.437 e. The van der Waals surface area contributed by atoms with Gasteiger partial charge >= 0.3 is 0 Å². The molecule has 4 rings (SSSR count). The molecule has 0 amide bonds. The molecule has 30 heavy (non-hydrogen) atoms. The molecule has 1 aromatic carbocycles. The number of tetrazole rings is 1. The number of anilines is 1. The van der Waals surface area contributed by atoms with Gasteiger partial charge in [0.05, 0.1) is 21.9 Å². The monoisotopic (exact) mass is 449 g/mol. The Bertz CT molecular complexity index is 1190. The van der Waals surface area contributed by atoms with Crippen LogP contribution in [0.3, 0.4) is 0 Å². The van der Waals surface area contributed by atoms with E-state index in [4.69, 9.17) is 27.9 Å². The van der Waals surface area contributed by atoms with E-state index in [1.165, 1.54) is 35.1 Å². The SMILES string of the molecule is Fc1ccc(Oc2ncccc2CNc2nnnn2-c2ccc(F)c(Cl)c2Cl)cn1. The molecule has 0 atom stereocenters. The van der Waals surface area contributed by atoms with Crippen molar-refractivity contribution < 1.29 is 13.5 Å². The van der Waals surface area contributed by atoms with E-state index in [1.807, 2.05) is 0 Å². The molecule has 4 aromatic rings. The summed E-state index contributed by atoms with van der Waals surface area (Å²) in [7, 11) is 0. The normalized spacial score (nSPS) is 10.8. The van der Waals surface area contributed by atoms with Crippen LogP contribution < -0.4 is 10.1 Å². The molecular weight excluding hydrogens is 439 g/mol. The summed E-state index contributed by atoms with van der Waals surface area (Å²) < 4.78 is 33.5. The van der Waals surface area contributed by atoms with Gasteiger partial charge < -0.3 is 10.1 Å². The summed E-state index contributed by atoms with van der Waals surface area (Å²) >= 11 is 12.0. The van der Waals surface area contributed by atoms with Crippen molar-refractivity contribution in [1.82, 2.24) is 30.2 Å². The predicted octanol–water partition coefficient (Wildman–Crippen LogP) is 4.44. The van der Waals surface area contributed by atoms with Gasteiger partial charge in [0.2, 0.25) is 17.8 Å². The van der Waals surface area contributed by atoms with E-state index in [-0.39, 0.29) is 22.5 Å². The largest absolute Gasteiger partial charge is 0.437 e. The van der Waals surface area contributed by atoms with Crippen molar-refractivity contribution in [3.8, 4) is 17.3 Å². The molecule has 1 N–H and O–H groups in total. The highest BCUT2D eigenvalue weighted by Crippen LogP contribution is 2.31. The number of aromatic nitrogens is 6. The van der Waals surface area contributed by atoms with E-state index in [2.05, 4.69) is 30.8 Å². The van der Waals surface area contributed by atoms with Gasteiger partial charge in [-0.2, -0.15) is 9.07 Å². The van der Waals surface area contributed by atoms with Crippen LogP contribution in [0.25, 0.3) is 5.69 Å². The zero-order valence-corrected chi connectivity index (χ0v) is 16.4. The van der Waals surface area contributed by atoms with Crippen molar-refractivity contribution in [3.63, 3.8) is 0 Å². The van der Waals surface area contributed by atoms with Gasteiger partial charge in [-0.25, -0.2) is 14.4 Å². The summed E-state index contributed by atoms with van der Waals surface area (Å²) in [6.07, 6.45) is 2.81. The van der Waals surface area contributed by atoms with Crippen LogP contribution in [0.15, 0.2) is 48.8 Å². The number of nitrogens with one attached hydrogen (secondary N) is 1. The lowest BCUT2D eigenvalue weighted by Gasteiger charge is -2.12. The van der Waals surface area contributed by atoms with Crippen molar-refractivity contribution >= 4 is 29.2 Å². The molecule has 152 valence electrons. The Kier molecular flexibility index (Phi) is 5.68. The highest BCUT2D eigenvalue weighted by Gasteiger charge is 2.16. The van der Waals surface area contributed by atoms with E-state index >= 15 is 0 Å². The van der Waals surface area contributed by atoms with E-state index in [0.717, 1.165) is 0 Å². The number of pyridine rings is 2. The van der Waals surface area contributed by atoms with E-state index < -0.39 is 11.8 Å². The van der Waals surface area contributed by atoms with Gasteiger partial charge in [0.15, 0.2) is 0 Å². The van der Waals surface area contributed by atoms with Crippen LogP contribution in [0, 0.1) is 11.8 Å². The summed E-state index contributed by atoms with van der Waals surface area (Å²) in [4.78, 5) is 7.73. The smallest absolute Gasteiger partial charge is 0.248 e. The Hall–Kier alpha value is -3.37. The van der Waals surface area contributed by atoms with Crippen molar-refractivity contribution in [1.29, 1.82) is 0 Å². The fourth-order valence-corrected chi connectivity index (χ4v) is 2.89. The van der Waals surface area contributed by atoms with Crippen LogP contribution in [0.2, 0.25) is 10.0 Å². The molecule has 0 fully saturated rings. The molecule has 0 aliphatic carbocycles. The lowest BCUT2D eigenvalue weighted by atomic mass is 10.2. The Morgan fingerprint density at radius 2 is 1.90 bits per heavy atom. The number of hydrogen-bond acceptors (Lipinski definition) is 7. The van der Waals surface area contributed by atoms with Crippen LogP contribution in [-0.4, -0.2) is 30.2 Å². The summed E-state index contributed by atoms with van der Waals surface area (Å²) in [6.45, 7) is 0.227. The second kappa shape index (κ2) is 8.56. The Labute approximate surface area is 178 Å². The first-order valence-electron chi connectivity index (χ1n) is 8.42. The Balaban J connectivity index is 1.55. The number of rotatable bonds is 6. The van der Waals surface area contributed by atoms with E-state index in [0.29, 0.717) is 22.9 Å². The van der Waals surface area contributed by atoms with Crippen LogP contribution in [0.1, 0.15) is 5.56 Å². The van der Waals surface area contributed by atoms with Crippen LogP contribution in [0.4, 0.5) is 14.7 Å². The van der Waals surface area contributed by atoms with Gasteiger partial charge in [-0.3, -0.25) is 0 Å². The summed E-state index contributed by atoms with van der Waals surface area (Å²) in [5.74, 6) is -0.413. The fourth-order valence-electron chi connectivity index (χ4n) is 2.50. The Morgan fingerprint density at radius 1 is 1.03 bits per heavy atom. The number of ether oxygens (including phenoxy) is 1. The summed E-state index contributed by atoms with van der Waals surface area (Å²) in [5.41, 5.74) is 0.968. The Morgan fingerprint density at radius 3 is 2.70 bits per heavy atom. The average molecular weight is 450 g/mol. The molecular formula is C18H11Cl2F2N7O. The molecule has 3 aromatic heterocycles. The van der Waals surface area contributed by atoms with Crippen molar-refractivity contribution in [2.45, 2.75) is 6.54 Å². The number of nitrogens with zero attached hydrogens (tertiary/aromatic N) is 6. The number of hydrogen-bond donors (Lipinski definition) is 1. The maximum absolute atomic E-state index is 13.6. The minimum atomic E-state index is -0.652. The zero-order valence-electron chi connectivity index (χ0n) is 14.9. The molecule has 12 heteroatoms. The molecule has 0 spiro atoms. The van der Waals surface area contributed by atoms with Crippen molar-refractivity contribution in [3.05, 3.63) is 76.2 Å². The van der Waals surface area contributed by atoms with Gasteiger partial charge in [0.25, 0.3) is 0 Å². The molecule has 0 bridgehead atoms. The van der Waals surface area contributed by atoms with Gasteiger partial charge in [-0.05, 0) is 40.8 Å². The maximum atomic E-state index is 13.6. The molecule has 0 radical (unpaired) electrons. The number of halogens is 4. The van der Waals surface area contributed by atoms with Crippen LogP contribution in [-0.2, 0) is 6.54 Å². The van der Waals surface area contributed by atoms with Crippen LogP contribution in [0.5, 0.6) is 11.6 Å². The standard InChI is InChI=1S/C18H11Cl2F2N7O/c19-15-12(21)4-5-13(16(15)20)29-18(26-27-28-29)25-8-10-2-1-7-23-17(10)30-11-3-6-14(22)24-9-11/h1-7,9H,8H2,(H,25,26,28). The quantitative estimate of drug-likeness (QED) is 0.343.